The predicted molar refractivity (Wildman–Crippen MR) is 83.5 cm³/mol. The minimum Gasteiger partial charge on any atom is -0.344 e. The average molecular weight is 304 g/mol. The van der Waals surface area contributed by atoms with Gasteiger partial charge in [0.1, 0.15) is 5.15 Å². The molecule has 2 heterocycles. The van der Waals surface area contributed by atoms with Crippen LogP contribution < -0.4 is 5.32 Å². The lowest BCUT2D eigenvalue weighted by molar-refractivity contribution is 0.0939. The Labute approximate surface area is 129 Å². The first-order chi connectivity index (χ1) is 9.97. The molecule has 0 fully saturated rings. The van der Waals surface area contributed by atoms with E-state index in [1.807, 2.05) is 39.0 Å². The summed E-state index contributed by atoms with van der Waals surface area (Å²) in [6.07, 6.45) is 1.71. The van der Waals surface area contributed by atoms with E-state index in [0.717, 1.165) is 11.4 Å². The summed E-state index contributed by atoms with van der Waals surface area (Å²) in [6.45, 7) is 5.92. The predicted octanol–water partition coefficient (Wildman–Crippen LogP) is 3.74. The third kappa shape index (κ3) is 4.02. The van der Waals surface area contributed by atoms with Crippen LogP contribution in [-0.2, 0) is 0 Å². The highest BCUT2D eigenvalue weighted by Crippen LogP contribution is 2.18. The Kier molecular flexibility index (Phi) is 4.91. The van der Waals surface area contributed by atoms with Gasteiger partial charge < -0.3 is 5.32 Å². The fourth-order valence-electron chi connectivity index (χ4n) is 1.93. The average Bonchev–Trinajstić information content (AvgIpc) is 2.47. The molecule has 0 radical (unpaired) electrons. The first kappa shape index (κ1) is 15.4. The van der Waals surface area contributed by atoms with Crippen LogP contribution >= 0.6 is 11.6 Å². The van der Waals surface area contributed by atoms with Crippen molar-refractivity contribution < 1.29 is 4.79 Å². The van der Waals surface area contributed by atoms with Crippen LogP contribution in [0.5, 0.6) is 0 Å². The first-order valence-corrected chi connectivity index (χ1v) is 7.24. The maximum Gasteiger partial charge on any atom is 0.251 e. The summed E-state index contributed by atoms with van der Waals surface area (Å²) in [5, 5.41) is 3.25. The topological polar surface area (TPSA) is 54.9 Å². The van der Waals surface area contributed by atoms with E-state index in [0.29, 0.717) is 10.7 Å². The van der Waals surface area contributed by atoms with Crippen molar-refractivity contribution in [2.45, 2.75) is 32.7 Å². The van der Waals surface area contributed by atoms with Crippen molar-refractivity contribution in [3.8, 4) is 0 Å². The van der Waals surface area contributed by atoms with E-state index < -0.39 is 0 Å². The second kappa shape index (κ2) is 6.68. The van der Waals surface area contributed by atoms with Gasteiger partial charge in [0, 0.05) is 17.5 Å². The summed E-state index contributed by atoms with van der Waals surface area (Å²) >= 11 is 5.99. The number of amides is 1. The summed E-state index contributed by atoms with van der Waals surface area (Å²) in [6, 6.07) is 8.79. The zero-order valence-corrected chi connectivity index (χ0v) is 13.1. The van der Waals surface area contributed by atoms with Gasteiger partial charge in [-0.25, -0.2) is 4.98 Å². The fourth-order valence-corrected chi connectivity index (χ4v) is 2.15. The van der Waals surface area contributed by atoms with Gasteiger partial charge in [0.15, 0.2) is 0 Å². The molecule has 0 saturated heterocycles. The molecule has 1 N–H and O–H groups in total. The van der Waals surface area contributed by atoms with E-state index in [2.05, 4.69) is 15.3 Å². The molecule has 0 aromatic carbocycles. The SMILES string of the molecule is CC(C)c1cc(C(=O)NC(C)c2ccccn2)cc(Cl)n1. The number of hydrogen-bond acceptors (Lipinski definition) is 3. The molecule has 110 valence electrons. The minimum absolute atomic E-state index is 0.173. The Morgan fingerprint density at radius 2 is 1.95 bits per heavy atom. The van der Waals surface area contributed by atoms with Crippen molar-refractivity contribution in [3.63, 3.8) is 0 Å². The summed E-state index contributed by atoms with van der Waals surface area (Å²) in [5.41, 5.74) is 2.13. The van der Waals surface area contributed by atoms with Crippen LogP contribution in [0.1, 0.15) is 54.5 Å². The van der Waals surface area contributed by atoms with Crippen molar-refractivity contribution >= 4 is 17.5 Å². The lowest BCUT2D eigenvalue weighted by atomic mass is 10.1. The van der Waals surface area contributed by atoms with Crippen molar-refractivity contribution in [1.82, 2.24) is 15.3 Å². The minimum atomic E-state index is -0.181. The Balaban J connectivity index is 2.17. The summed E-state index contributed by atoms with van der Waals surface area (Å²) in [7, 11) is 0. The maximum atomic E-state index is 12.3. The molecular formula is C16H18ClN3O. The van der Waals surface area contributed by atoms with Crippen LogP contribution in [-0.4, -0.2) is 15.9 Å². The van der Waals surface area contributed by atoms with Crippen LogP contribution in [0.3, 0.4) is 0 Å². The van der Waals surface area contributed by atoms with Gasteiger partial charge in [-0.05, 0) is 37.1 Å². The molecule has 0 aliphatic carbocycles. The molecule has 4 nitrogen and oxygen atoms in total. The number of hydrogen-bond donors (Lipinski definition) is 1. The van der Waals surface area contributed by atoms with Crippen molar-refractivity contribution in [1.29, 1.82) is 0 Å². The highest BCUT2D eigenvalue weighted by molar-refractivity contribution is 6.29. The van der Waals surface area contributed by atoms with Gasteiger partial charge in [0.2, 0.25) is 0 Å². The number of carbonyl (C=O) groups excluding carboxylic acids is 1. The number of rotatable bonds is 4. The van der Waals surface area contributed by atoms with Gasteiger partial charge in [-0.2, -0.15) is 0 Å². The Morgan fingerprint density at radius 1 is 1.19 bits per heavy atom. The van der Waals surface area contributed by atoms with E-state index in [4.69, 9.17) is 11.6 Å². The second-order valence-electron chi connectivity index (χ2n) is 5.21. The van der Waals surface area contributed by atoms with Crippen molar-refractivity contribution in [2.24, 2.45) is 0 Å². The zero-order valence-electron chi connectivity index (χ0n) is 12.3. The Bertz CT molecular complexity index is 629. The molecular weight excluding hydrogens is 286 g/mol. The van der Waals surface area contributed by atoms with Gasteiger partial charge in [0.05, 0.1) is 11.7 Å². The van der Waals surface area contributed by atoms with E-state index in [9.17, 15) is 4.79 Å². The number of carbonyl (C=O) groups is 1. The molecule has 21 heavy (non-hydrogen) atoms. The monoisotopic (exact) mass is 303 g/mol. The lowest BCUT2D eigenvalue weighted by Gasteiger charge is -2.14. The largest absolute Gasteiger partial charge is 0.344 e. The number of nitrogens with one attached hydrogen (secondary N) is 1. The second-order valence-corrected chi connectivity index (χ2v) is 5.60. The number of nitrogens with zero attached hydrogens (tertiary/aromatic N) is 2. The van der Waals surface area contributed by atoms with Gasteiger partial charge in [0.25, 0.3) is 5.91 Å². The van der Waals surface area contributed by atoms with E-state index >= 15 is 0 Å². The number of pyridine rings is 2. The van der Waals surface area contributed by atoms with Gasteiger partial charge in [-0.1, -0.05) is 31.5 Å². The molecule has 5 heteroatoms. The summed E-state index contributed by atoms with van der Waals surface area (Å²) in [4.78, 5) is 20.8. The molecule has 1 amide bonds. The molecule has 0 spiro atoms. The van der Waals surface area contributed by atoms with Crippen LogP contribution in [0.25, 0.3) is 0 Å². The lowest BCUT2D eigenvalue weighted by Crippen LogP contribution is -2.27. The normalized spacial score (nSPS) is 12.2. The third-order valence-electron chi connectivity index (χ3n) is 3.15. The van der Waals surface area contributed by atoms with Gasteiger partial charge >= 0.3 is 0 Å². The Hall–Kier alpha value is -1.94. The van der Waals surface area contributed by atoms with Gasteiger partial charge in [-0.15, -0.1) is 0 Å². The number of halogens is 1. The smallest absolute Gasteiger partial charge is 0.251 e. The van der Waals surface area contributed by atoms with Crippen LogP contribution in [0, 0.1) is 0 Å². The Morgan fingerprint density at radius 3 is 2.57 bits per heavy atom. The van der Waals surface area contributed by atoms with Crippen molar-refractivity contribution in [3.05, 3.63) is 58.6 Å². The maximum absolute atomic E-state index is 12.3. The molecule has 1 atom stereocenters. The first-order valence-electron chi connectivity index (χ1n) is 6.86. The summed E-state index contributed by atoms with van der Waals surface area (Å²) in [5.74, 6) is 0.0304. The molecule has 0 aliphatic heterocycles. The van der Waals surface area contributed by atoms with Crippen molar-refractivity contribution in [2.75, 3.05) is 0 Å². The van der Waals surface area contributed by atoms with Crippen LogP contribution in [0.4, 0.5) is 0 Å². The fraction of sp³-hybridized carbons (Fsp3) is 0.312. The molecule has 0 bridgehead atoms. The molecule has 0 saturated carbocycles. The highest BCUT2D eigenvalue weighted by Gasteiger charge is 2.14. The van der Waals surface area contributed by atoms with E-state index in [1.165, 1.54) is 0 Å². The molecule has 2 rings (SSSR count). The van der Waals surface area contributed by atoms with E-state index in [-0.39, 0.29) is 17.9 Å². The molecule has 0 aliphatic rings. The molecule has 2 aromatic rings. The standard InChI is InChI=1S/C16H18ClN3O/c1-10(2)14-8-12(9-15(17)20-14)16(21)19-11(3)13-6-4-5-7-18-13/h4-11H,1-3H3,(H,19,21). The zero-order chi connectivity index (χ0) is 15.4. The van der Waals surface area contributed by atoms with Crippen LogP contribution in [0.15, 0.2) is 36.5 Å². The van der Waals surface area contributed by atoms with Crippen LogP contribution in [0.2, 0.25) is 5.15 Å². The summed E-state index contributed by atoms with van der Waals surface area (Å²) < 4.78 is 0. The quantitative estimate of drug-likeness (QED) is 0.875. The molecule has 2 aromatic heterocycles. The van der Waals surface area contributed by atoms with Gasteiger partial charge in [-0.3, -0.25) is 9.78 Å². The highest BCUT2D eigenvalue weighted by atomic mass is 35.5. The number of aromatic nitrogens is 2. The molecule has 1 unspecified atom stereocenters. The third-order valence-corrected chi connectivity index (χ3v) is 3.34. The van der Waals surface area contributed by atoms with E-state index in [1.54, 1.807) is 18.3 Å².